The van der Waals surface area contributed by atoms with E-state index in [-0.39, 0.29) is 17.7 Å². The summed E-state index contributed by atoms with van der Waals surface area (Å²) < 4.78 is 5.23. The first-order chi connectivity index (χ1) is 13.5. The first-order valence-corrected chi connectivity index (χ1v) is 9.40. The van der Waals surface area contributed by atoms with E-state index in [4.69, 9.17) is 16.3 Å². The Morgan fingerprint density at radius 3 is 2.46 bits per heavy atom. The Morgan fingerprint density at radius 2 is 1.75 bits per heavy atom. The summed E-state index contributed by atoms with van der Waals surface area (Å²) in [6.07, 6.45) is 0.971. The largest absolute Gasteiger partial charge is 0.452 e. The molecule has 0 saturated carbocycles. The summed E-state index contributed by atoms with van der Waals surface area (Å²) in [4.78, 5) is 30.6. The number of carbonyl (C=O) groups is 2. The fourth-order valence-corrected chi connectivity index (χ4v) is 3.07. The number of benzene rings is 2. The number of para-hydroxylation sites is 1. The lowest BCUT2D eigenvalue weighted by Gasteiger charge is -2.17. The van der Waals surface area contributed by atoms with Crippen LogP contribution in [0.15, 0.2) is 54.6 Å². The number of hydrogen-bond acceptors (Lipinski definition) is 4. The second-order valence-electron chi connectivity index (χ2n) is 6.51. The van der Waals surface area contributed by atoms with Gasteiger partial charge in [-0.2, -0.15) is 0 Å². The lowest BCUT2D eigenvalue weighted by Crippen LogP contribution is -2.30. The Hall–Kier alpha value is -2.92. The van der Waals surface area contributed by atoms with E-state index in [1.54, 1.807) is 25.2 Å². The molecule has 1 amide bonds. The number of rotatable bonds is 6. The van der Waals surface area contributed by atoms with Gasteiger partial charge in [0, 0.05) is 19.0 Å². The normalized spacial score (nSPS) is 10.7. The van der Waals surface area contributed by atoms with Gasteiger partial charge in [0.2, 0.25) is 0 Å². The van der Waals surface area contributed by atoms with Crippen LogP contribution in [0, 0.1) is 0 Å². The summed E-state index contributed by atoms with van der Waals surface area (Å²) in [5.41, 5.74) is 3.16. The molecule has 0 spiro atoms. The average molecular weight is 397 g/mol. The van der Waals surface area contributed by atoms with Crippen LogP contribution in [0.1, 0.15) is 28.4 Å². The molecule has 0 atom stereocenters. The maximum atomic E-state index is 12.5. The number of pyridine rings is 1. The second kappa shape index (κ2) is 8.85. The predicted octanol–water partition coefficient (Wildman–Crippen LogP) is 4.27. The Bertz CT molecular complexity index is 1000. The molecule has 2 aromatic carbocycles. The maximum Gasteiger partial charge on any atom is 0.339 e. The molecule has 0 saturated heterocycles. The molecule has 144 valence electrons. The van der Waals surface area contributed by atoms with Crippen LogP contribution >= 0.6 is 11.6 Å². The Morgan fingerprint density at radius 1 is 1.07 bits per heavy atom. The molecule has 5 nitrogen and oxygen atoms in total. The van der Waals surface area contributed by atoms with Gasteiger partial charge in [0.1, 0.15) is 5.15 Å². The number of halogens is 1. The molecule has 0 radical (unpaired) electrons. The molecule has 0 bridgehead atoms. The number of amides is 1. The highest BCUT2D eigenvalue weighted by molar-refractivity contribution is 6.30. The van der Waals surface area contributed by atoms with Crippen molar-refractivity contribution >= 4 is 34.4 Å². The summed E-state index contributed by atoms with van der Waals surface area (Å²) >= 11 is 6.00. The highest BCUT2D eigenvalue weighted by atomic mass is 35.5. The first kappa shape index (κ1) is 19.8. The Labute approximate surface area is 168 Å². The van der Waals surface area contributed by atoms with Crippen molar-refractivity contribution in [3.8, 4) is 0 Å². The lowest BCUT2D eigenvalue weighted by molar-refractivity contribution is -0.133. The minimum absolute atomic E-state index is 0.199. The third-order valence-corrected chi connectivity index (χ3v) is 4.70. The van der Waals surface area contributed by atoms with Gasteiger partial charge >= 0.3 is 5.97 Å². The number of ether oxygens (including phenoxy) is 1. The van der Waals surface area contributed by atoms with E-state index in [1.165, 1.54) is 16.5 Å². The molecule has 3 aromatic rings. The van der Waals surface area contributed by atoms with Crippen LogP contribution < -0.4 is 0 Å². The molecule has 6 heteroatoms. The fourth-order valence-electron chi connectivity index (χ4n) is 2.87. The minimum Gasteiger partial charge on any atom is -0.452 e. The topological polar surface area (TPSA) is 59.5 Å². The van der Waals surface area contributed by atoms with Crippen LogP contribution in [0.2, 0.25) is 5.15 Å². The number of hydrogen-bond donors (Lipinski definition) is 0. The van der Waals surface area contributed by atoms with Crippen molar-refractivity contribution in [3.05, 3.63) is 76.4 Å². The van der Waals surface area contributed by atoms with Gasteiger partial charge in [-0.05, 0) is 29.7 Å². The fraction of sp³-hybridized carbons (Fsp3) is 0.227. The van der Waals surface area contributed by atoms with Gasteiger partial charge in [-0.1, -0.05) is 61.0 Å². The summed E-state index contributed by atoms with van der Waals surface area (Å²) in [6.45, 7) is 2.21. The van der Waals surface area contributed by atoms with E-state index in [0.29, 0.717) is 23.0 Å². The van der Waals surface area contributed by atoms with Crippen molar-refractivity contribution < 1.29 is 14.3 Å². The van der Waals surface area contributed by atoms with E-state index < -0.39 is 5.97 Å². The summed E-state index contributed by atoms with van der Waals surface area (Å²) in [6, 6.07) is 16.7. The summed E-state index contributed by atoms with van der Waals surface area (Å²) in [5.74, 6) is -0.882. The highest BCUT2D eigenvalue weighted by Gasteiger charge is 2.17. The predicted molar refractivity (Wildman–Crippen MR) is 109 cm³/mol. The van der Waals surface area contributed by atoms with Gasteiger partial charge in [-0.3, -0.25) is 4.79 Å². The van der Waals surface area contributed by atoms with E-state index in [2.05, 4.69) is 11.9 Å². The molecule has 28 heavy (non-hydrogen) atoms. The minimum atomic E-state index is -0.602. The van der Waals surface area contributed by atoms with Gasteiger partial charge in [0.15, 0.2) is 6.61 Å². The molecule has 0 N–H and O–H groups in total. The number of likely N-dealkylation sites (N-methyl/N-ethyl adjacent to an activating group) is 1. The SMILES string of the molecule is CCc1ccc(CN(C)C(=O)COC(=O)c2cc(Cl)nc3ccccc23)cc1. The van der Waals surface area contributed by atoms with Gasteiger partial charge in [0.25, 0.3) is 5.91 Å². The van der Waals surface area contributed by atoms with E-state index in [0.717, 1.165) is 12.0 Å². The van der Waals surface area contributed by atoms with E-state index >= 15 is 0 Å². The molecule has 0 aliphatic rings. The second-order valence-corrected chi connectivity index (χ2v) is 6.89. The van der Waals surface area contributed by atoms with Crippen LogP contribution in [0.4, 0.5) is 0 Å². The van der Waals surface area contributed by atoms with Crippen molar-refractivity contribution in [2.75, 3.05) is 13.7 Å². The highest BCUT2D eigenvalue weighted by Crippen LogP contribution is 2.21. The Kier molecular flexibility index (Phi) is 6.26. The summed E-state index contributed by atoms with van der Waals surface area (Å²) in [5, 5.41) is 0.832. The van der Waals surface area contributed by atoms with Crippen molar-refractivity contribution in [1.29, 1.82) is 0 Å². The quantitative estimate of drug-likeness (QED) is 0.461. The molecular formula is C22H21ClN2O3. The monoisotopic (exact) mass is 396 g/mol. The zero-order valence-electron chi connectivity index (χ0n) is 15.8. The van der Waals surface area contributed by atoms with Crippen LogP contribution in [0.3, 0.4) is 0 Å². The van der Waals surface area contributed by atoms with Crippen LogP contribution in [0.25, 0.3) is 10.9 Å². The molecule has 0 aliphatic carbocycles. The number of nitrogens with zero attached hydrogens (tertiary/aromatic N) is 2. The average Bonchev–Trinajstić information content (AvgIpc) is 2.71. The van der Waals surface area contributed by atoms with Crippen molar-refractivity contribution in [2.45, 2.75) is 19.9 Å². The van der Waals surface area contributed by atoms with Crippen molar-refractivity contribution in [3.63, 3.8) is 0 Å². The van der Waals surface area contributed by atoms with Gasteiger partial charge in [-0.15, -0.1) is 0 Å². The van der Waals surface area contributed by atoms with Crippen LogP contribution in [0.5, 0.6) is 0 Å². The lowest BCUT2D eigenvalue weighted by atomic mass is 10.1. The smallest absolute Gasteiger partial charge is 0.339 e. The first-order valence-electron chi connectivity index (χ1n) is 9.02. The van der Waals surface area contributed by atoms with E-state index in [9.17, 15) is 9.59 Å². The molecule has 0 aliphatic heterocycles. The number of fused-ring (bicyclic) bond motifs is 1. The Balaban J connectivity index is 1.63. The van der Waals surface area contributed by atoms with E-state index in [1.807, 2.05) is 30.3 Å². The van der Waals surface area contributed by atoms with Crippen molar-refractivity contribution in [2.24, 2.45) is 0 Å². The van der Waals surface area contributed by atoms with Crippen molar-refractivity contribution in [1.82, 2.24) is 9.88 Å². The van der Waals surface area contributed by atoms with Gasteiger partial charge in [0.05, 0.1) is 11.1 Å². The molecule has 0 fully saturated rings. The summed E-state index contributed by atoms with van der Waals surface area (Å²) in [7, 11) is 1.68. The third kappa shape index (κ3) is 4.67. The maximum absolute atomic E-state index is 12.5. The molecule has 3 rings (SSSR count). The van der Waals surface area contributed by atoms with Crippen LogP contribution in [-0.2, 0) is 22.5 Å². The van der Waals surface area contributed by atoms with Crippen LogP contribution in [-0.4, -0.2) is 35.4 Å². The number of aromatic nitrogens is 1. The van der Waals surface area contributed by atoms with Gasteiger partial charge < -0.3 is 9.64 Å². The number of esters is 1. The molecule has 1 heterocycles. The van der Waals surface area contributed by atoms with Gasteiger partial charge in [-0.25, -0.2) is 9.78 Å². The third-order valence-electron chi connectivity index (χ3n) is 4.51. The molecular weight excluding hydrogens is 376 g/mol. The molecule has 1 aromatic heterocycles. The standard InChI is InChI=1S/C22H21ClN2O3/c1-3-15-8-10-16(11-9-15)13-25(2)21(26)14-28-22(27)18-12-20(23)24-19-7-5-4-6-17(18)19/h4-12H,3,13-14H2,1-2H3. The number of carbonyl (C=O) groups excluding carboxylic acids is 2. The number of aryl methyl sites for hydroxylation is 1. The zero-order valence-corrected chi connectivity index (χ0v) is 16.6. The zero-order chi connectivity index (χ0) is 20.1. The molecule has 0 unspecified atom stereocenters.